The molecular formula is C17H19BrN2O2. The number of rotatable bonds is 6. The summed E-state index contributed by atoms with van der Waals surface area (Å²) in [4.78, 5) is 11.6. The second-order valence-electron chi connectivity index (χ2n) is 4.88. The molecule has 2 N–H and O–H groups in total. The van der Waals surface area contributed by atoms with Gasteiger partial charge in [0.2, 0.25) is 0 Å². The Kier molecular flexibility index (Phi) is 6.27. The Morgan fingerprint density at radius 1 is 1.09 bits per heavy atom. The molecule has 4 nitrogen and oxygen atoms in total. The fourth-order valence-corrected chi connectivity index (χ4v) is 2.38. The lowest BCUT2D eigenvalue weighted by atomic mass is 10.1. The SMILES string of the molecule is Cc1ccc(OCNC(=O)NCCc2ccccc2Br)cc1. The Bertz CT molecular complexity index is 614. The third-order valence-corrected chi connectivity index (χ3v) is 3.90. The molecule has 22 heavy (non-hydrogen) atoms. The highest BCUT2D eigenvalue weighted by atomic mass is 79.9. The van der Waals surface area contributed by atoms with Gasteiger partial charge in [-0.25, -0.2) is 4.79 Å². The van der Waals surface area contributed by atoms with Crippen molar-refractivity contribution in [2.24, 2.45) is 0 Å². The molecule has 0 radical (unpaired) electrons. The van der Waals surface area contributed by atoms with Crippen molar-refractivity contribution in [3.8, 4) is 5.75 Å². The lowest BCUT2D eigenvalue weighted by Crippen LogP contribution is -2.38. The molecule has 0 saturated heterocycles. The van der Waals surface area contributed by atoms with Crippen molar-refractivity contribution in [2.75, 3.05) is 13.3 Å². The topological polar surface area (TPSA) is 50.4 Å². The molecule has 2 aromatic carbocycles. The number of carbonyl (C=O) groups excluding carboxylic acids is 1. The van der Waals surface area contributed by atoms with E-state index in [4.69, 9.17) is 4.74 Å². The molecule has 0 aromatic heterocycles. The van der Waals surface area contributed by atoms with Crippen LogP contribution in [0.4, 0.5) is 4.79 Å². The van der Waals surface area contributed by atoms with Gasteiger partial charge in [-0.3, -0.25) is 0 Å². The van der Waals surface area contributed by atoms with Gasteiger partial charge in [0.1, 0.15) is 5.75 Å². The van der Waals surface area contributed by atoms with E-state index < -0.39 is 0 Å². The number of halogens is 1. The van der Waals surface area contributed by atoms with Crippen LogP contribution in [0.1, 0.15) is 11.1 Å². The fraction of sp³-hybridized carbons (Fsp3) is 0.235. The molecule has 0 bridgehead atoms. The molecule has 0 aliphatic rings. The number of hydrogen-bond acceptors (Lipinski definition) is 2. The Labute approximate surface area is 139 Å². The maximum Gasteiger partial charge on any atom is 0.317 e. The lowest BCUT2D eigenvalue weighted by molar-refractivity contribution is 0.224. The van der Waals surface area contributed by atoms with Crippen LogP contribution in [-0.2, 0) is 6.42 Å². The number of hydrogen-bond donors (Lipinski definition) is 2. The maximum absolute atomic E-state index is 11.6. The van der Waals surface area contributed by atoms with Gasteiger partial charge in [0, 0.05) is 11.0 Å². The van der Waals surface area contributed by atoms with E-state index in [1.165, 1.54) is 11.1 Å². The van der Waals surface area contributed by atoms with Crippen molar-refractivity contribution in [1.82, 2.24) is 10.6 Å². The van der Waals surface area contributed by atoms with Crippen LogP contribution in [0, 0.1) is 6.92 Å². The Morgan fingerprint density at radius 2 is 1.82 bits per heavy atom. The Hall–Kier alpha value is -2.01. The summed E-state index contributed by atoms with van der Waals surface area (Å²) in [5.74, 6) is 0.735. The molecule has 116 valence electrons. The molecule has 2 rings (SSSR count). The summed E-state index contributed by atoms with van der Waals surface area (Å²) >= 11 is 3.49. The van der Waals surface area contributed by atoms with Gasteiger partial charge in [0.25, 0.3) is 0 Å². The summed E-state index contributed by atoms with van der Waals surface area (Å²) in [6.07, 6.45) is 0.771. The second-order valence-corrected chi connectivity index (χ2v) is 5.73. The van der Waals surface area contributed by atoms with E-state index in [9.17, 15) is 4.79 Å². The minimum atomic E-state index is -0.237. The number of benzene rings is 2. The summed E-state index contributed by atoms with van der Waals surface area (Å²) in [7, 11) is 0. The monoisotopic (exact) mass is 362 g/mol. The van der Waals surface area contributed by atoms with Crippen LogP contribution in [0.25, 0.3) is 0 Å². The number of amides is 2. The zero-order valence-corrected chi connectivity index (χ0v) is 14.0. The third kappa shape index (κ3) is 5.41. The van der Waals surface area contributed by atoms with Crippen LogP contribution >= 0.6 is 15.9 Å². The molecule has 0 spiro atoms. The van der Waals surface area contributed by atoms with Crippen LogP contribution in [-0.4, -0.2) is 19.3 Å². The van der Waals surface area contributed by atoms with Crippen LogP contribution < -0.4 is 15.4 Å². The molecule has 0 aliphatic heterocycles. The van der Waals surface area contributed by atoms with E-state index in [0.29, 0.717) is 6.54 Å². The molecule has 5 heteroatoms. The zero-order valence-electron chi connectivity index (χ0n) is 12.4. The highest BCUT2D eigenvalue weighted by Gasteiger charge is 2.02. The highest BCUT2D eigenvalue weighted by molar-refractivity contribution is 9.10. The minimum Gasteiger partial charge on any atom is -0.473 e. The minimum absolute atomic E-state index is 0.143. The van der Waals surface area contributed by atoms with Gasteiger partial charge >= 0.3 is 6.03 Å². The molecule has 0 aliphatic carbocycles. The van der Waals surface area contributed by atoms with Gasteiger partial charge in [-0.2, -0.15) is 0 Å². The first-order chi connectivity index (χ1) is 10.6. The second kappa shape index (κ2) is 8.44. The van der Waals surface area contributed by atoms with E-state index in [1.807, 2.05) is 55.5 Å². The summed E-state index contributed by atoms with van der Waals surface area (Å²) in [5, 5.41) is 5.47. The van der Waals surface area contributed by atoms with Gasteiger partial charge in [-0.15, -0.1) is 0 Å². The van der Waals surface area contributed by atoms with Crippen molar-refractivity contribution in [3.05, 3.63) is 64.1 Å². The van der Waals surface area contributed by atoms with Gasteiger partial charge < -0.3 is 15.4 Å². The van der Waals surface area contributed by atoms with Crippen molar-refractivity contribution in [3.63, 3.8) is 0 Å². The molecule has 0 unspecified atom stereocenters. The van der Waals surface area contributed by atoms with Gasteiger partial charge in [0.15, 0.2) is 6.73 Å². The molecule has 0 heterocycles. The lowest BCUT2D eigenvalue weighted by Gasteiger charge is -2.10. The molecule has 2 aromatic rings. The maximum atomic E-state index is 11.6. The third-order valence-electron chi connectivity index (χ3n) is 3.13. The number of aryl methyl sites for hydroxylation is 1. The smallest absolute Gasteiger partial charge is 0.317 e. The van der Waals surface area contributed by atoms with E-state index in [1.54, 1.807) is 0 Å². The van der Waals surface area contributed by atoms with Crippen molar-refractivity contribution < 1.29 is 9.53 Å². The van der Waals surface area contributed by atoms with Gasteiger partial charge in [-0.1, -0.05) is 51.8 Å². The predicted molar refractivity (Wildman–Crippen MR) is 91.1 cm³/mol. The molecule has 0 fully saturated rings. The summed E-state index contributed by atoms with van der Waals surface area (Å²) < 4.78 is 6.49. The number of carbonyl (C=O) groups is 1. The fourth-order valence-electron chi connectivity index (χ4n) is 1.89. The first-order valence-electron chi connectivity index (χ1n) is 7.10. The van der Waals surface area contributed by atoms with Gasteiger partial charge in [-0.05, 0) is 37.1 Å². The van der Waals surface area contributed by atoms with Crippen LogP contribution in [0.3, 0.4) is 0 Å². The molecule has 2 amide bonds. The summed E-state index contributed by atoms with van der Waals surface area (Å²) in [5.41, 5.74) is 2.34. The highest BCUT2D eigenvalue weighted by Crippen LogP contribution is 2.15. The van der Waals surface area contributed by atoms with Crippen molar-refractivity contribution in [2.45, 2.75) is 13.3 Å². The van der Waals surface area contributed by atoms with E-state index in [2.05, 4.69) is 26.6 Å². The van der Waals surface area contributed by atoms with E-state index >= 15 is 0 Å². The summed E-state index contributed by atoms with van der Waals surface area (Å²) in [6.45, 7) is 2.73. The zero-order chi connectivity index (χ0) is 15.8. The summed E-state index contributed by atoms with van der Waals surface area (Å²) in [6, 6.07) is 15.4. The first-order valence-corrected chi connectivity index (χ1v) is 7.89. The quantitative estimate of drug-likeness (QED) is 0.770. The van der Waals surface area contributed by atoms with E-state index in [0.717, 1.165) is 16.6 Å². The average Bonchev–Trinajstić information content (AvgIpc) is 2.51. The standard InChI is InChI=1S/C17H19BrN2O2/c1-13-6-8-15(9-7-13)22-12-20-17(21)19-11-10-14-4-2-3-5-16(14)18/h2-9H,10-12H2,1H3,(H2,19,20,21). The Morgan fingerprint density at radius 3 is 2.55 bits per heavy atom. The first kappa shape index (κ1) is 16.4. The Balaban J connectivity index is 1.64. The van der Waals surface area contributed by atoms with Crippen LogP contribution in [0.5, 0.6) is 5.75 Å². The normalized spacial score (nSPS) is 10.1. The van der Waals surface area contributed by atoms with Crippen molar-refractivity contribution >= 4 is 22.0 Å². The average molecular weight is 363 g/mol. The molecule has 0 saturated carbocycles. The molecular weight excluding hydrogens is 344 g/mol. The van der Waals surface area contributed by atoms with Crippen molar-refractivity contribution in [1.29, 1.82) is 0 Å². The van der Waals surface area contributed by atoms with Gasteiger partial charge in [0.05, 0.1) is 0 Å². The van der Waals surface area contributed by atoms with E-state index in [-0.39, 0.29) is 12.8 Å². The van der Waals surface area contributed by atoms with Crippen LogP contribution in [0.2, 0.25) is 0 Å². The largest absolute Gasteiger partial charge is 0.473 e. The number of ether oxygens (including phenoxy) is 1. The van der Waals surface area contributed by atoms with Crippen LogP contribution in [0.15, 0.2) is 53.0 Å². The number of nitrogens with one attached hydrogen (secondary N) is 2. The number of urea groups is 1. The predicted octanol–water partition coefficient (Wildman–Crippen LogP) is 3.64. The molecule has 0 atom stereocenters.